The van der Waals surface area contributed by atoms with Gasteiger partial charge in [-0.05, 0) is 48.3 Å². The molecule has 2 aromatic carbocycles. The van der Waals surface area contributed by atoms with Gasteiger partial charge in [-0.15, -0.1) is 0 Å². The summed E-state index contributed by atoms with van der Waals surface area (Å²) in [6, 6.07) is 19.7. The number of rotatable bonds is 3. The summed E-state index contributed by atoms with van der Waals surface area (Å²) >= 11 is 0. The lowest BCUT2D eigenvalue weighted by atomic mass is 9.86. The van der Waals surface area contributed by atoms with Crippen LogP contribution in [0.5, 0.6) is 0 Å². The minimum atomic E-state index is -0.128. The summed E-state index contributed by atoms with van der Waals surface area (Å²) in [6.07, 6.45) is 3.56. The third kappa shape index (κ3) is 3.67. The van der Waals surface area contributed by atoms with Crippen molar-refractivity contribution < 1.29 is 4.74 Å². The molecule has 0 saturated carbocycles. The van der Waals surface area contributed by atoms with Gasteiger partial charge in [-0.2, -0.15) is 0 Å². The quantitative estimate of drug-likeness (QED) is 0.715. The van der Waals surface area contributed by atoms with E-state index in [4.69, 9.17) is 4.74 Å². The monoisotopic (exact) mass is 308 g/mol. The summed E-state index contributed by atoms with van der Waals surface area (Å²) in [6.45, 7) is 9.00. The molecule has 3 rings (SSSR count). The summed E-state index contributed by atoms with van der Waals surface area (Å²) in [5, 5.41) is 0. The molecule has 2 atom stereocenters. The highest BCUT2D eigenvalue weighted by Gasteiger charge is 2.37. The van der Waals surface area contributed by atoms with Gasteiger partial charge >= 0.3 is 0 Å². The molecule has 1 aliphatic rings. The maximum absolute atomic E-state index is 6.44. The lowest BCUT2D eigenvalue weighted by Gasteiger charge is -2.25. The van der Waals surface area contributed by atoms with E-state index in [0.717, 1.165) is 19.3 Å². The van der Waals surface area contributed by atoms with Crippen LogP contribution < -0.4 is 0 Å². The largest absolute Gasteiger partial charge is 0.367 e. The molecule has 0 spiro atoms. The Morgan fingerprint density at radius 2 is 1.65 bits per heavy atom. The number of ether oxygens (including phenoxy) is 1. The van der Waals surface area contributed by atoms with Crippen molar-refractivity contribution in [2.24, 2.45) is 0 Å². The molecule has 0 amide bonds. The second-order valence-corrected chi connectivity index (χ2v) is 8.03. The zero-order valence-corrected chi connectivity index (χ0v) is 14.8. The van der Waals surface area contributed by atoms with Gasteiger partial charge in [0.25, 0.3) is 0 Å². The van der Waals surface area contributed by atoms with Crippen LogP contribution in [0.15, 0.2) is 54.6 Å². The molecule has 1 aliphatic heterocycles. The number of hydrogen-bond donors (Lipinski definition) is 0. The molecular formula is C22H28O. The van der Waals surface area contributed by atoms with Crippen LogP contribution in [0.2, 0.25) is 0 Å². The van der Waals surface area contributed by atoms with Crippen LogP contribution in [0.1, 0.15) is 57.2 Å². The van der Waals surface area contributed by atoms with Gasteiger partial charge in [-0.1, -0.05) is 75.4 Å². The first-order valence-corrected chi connectivity index (χ1v) is 8.70. The Morgan fingerprint density at radius 3 is 2.26 bits per heavy atom. The van der Waals surface area contributed by atoms with Gasteiger partial charge in [0.05, 0.1) is 11.7 Å². The molecule has 0 aliphatic carbocycles. The second kappa shape index (κ2) is 6.13. The number of hydrogen-bond acceptors (Lipinski definition) is 1. The van der Waals surface area contributed by atoms with E-state index < -0.39 is 0 Å². The second-order valence-electron chi connectivity index (χ2n) is 8.03. The zero-order chi connectivity index (χ0) is 16.5. The summed E-state index contributed by atoms with van der Waals surface area (Å²) < 4.78 is 6.44. The predicted molar refractivity (Wildman–Crippen MR) is 96.7 cm³/mol. The van der Waals surface area contributed by atoms with Gasteiger partial charge in [0.15, 0.2) is 0 Å². The topological polar surface area (TPSA) is 9.23 Å². The Labute approximate surface area is 140 Å². The lowest BCUT2D eigenvalue weighted by Crippen LogP contribution is -2.23. The fourth-order valence-electron chi connectivity index (χ4n) is 3.47. The predicted octanol–water partition coefficient (Wildman–Crippen LogP) is 5.62. The standard InChI is InChI=1S/C22H28O/c1-21(2,3)18-12-10-17(11-13-18)16-20-14-15-22(4,23-20)19-8-6-5-7-9-19/h5-13,20H,14-16H2,1-4H3/t20-,22-/m0/s1. The summed E-state index contributed by atoms with van der Waals surface area (Å²) in [5.74, 6) is 0. The molecule has 23 heavy (non-hydrogen) atoms. The highest BCUT2D eigenvalue weighted by atomic mass is 16.5. The number of benzene rings is 2. The summed E-state index contributed by atoms with van der Waals surface area (Å²) in [5.41, 5.74) is 4.15. The van der Waals surface area contributed by atoms with Crippen LogP contribution in [0.3, 0.4) is 0 Å². The SMILES string of the molecule is CC(C)(C)c1ccc(C[C@@H]2CC[C@@](C)(c3ccccc3)O2)cc1. The van der Waals surface area contributed by atoms with Crippen molar-refractivity contribution in [2.75, 3.05) is 0 Å². The van der Waals surface area contributed by atoms with Gasteiger partial charge in [0, 0.05) is 0 Å². The van der Waals surface area contributed by atoms with E-state index in [1.165, 1.54) is 16.7 Å². The first kappa shape index (κ1) is 16.3. The molecule has 0 unspecified atom stereocenters. The van der Waals surface area contributed by atoms with Crippen molar-refractivity contribution in [1.29, 1.82) is 0 Å². The first-order chi connectivity index (χ1) is 10.9. The fourth-order valence-corrected chi connectivity index (χ4v) is 3.47. The summed E-state index contributed by atoms with van der Waals surface area (Å²) in [7, 11) is 0. The van der Waals surface area contributed by atoms with Crippen molar-refractivity contribution in [3.05, 3.63) is 71.3 Å². The Hall–Kier alpha value is -1.60. The lowest BCUT2D eigenvalue weighted by molar-refractivity contribution is -0.0317. The minimum Gasteiger partial charge on any atom is -0.367 e. The molecule has 1 nitrogen and oxygen atoms in total. The van der Waals surface area contributed by atoms with Crippen LogP contribution in [0.25, 0.3) is 0 Å². The van der Waals surface area contributed by atoms with Gasteiger partial charge < -0.3 is 4.74 Å². The molecule has 1 saturated heterocycles. The van der Waals surface area contributed by atoms with Crippen molar-refractivity contribution in [2.45, 2.75) is 64.1 Å². The van der Waals surface area contributed by atoms with Crippen LogP contribution in [0, 0.1) is 0 Å². The van der Waals surface area contributed by atoms with Gasteiger partial charge in [-0.25, -0.2) is 0 Å². The zero-order valence-electron chi connectivity index (χ0n) is 14.8. The molecule has 2 aromatic rings. The fraction of sp³-hybridized carbons (Fsp3) is 0.455. The average Bonchev–Trinajstić information content (AvgIpc) is 2.90. The highest BCUT2D eigenvalue weighted by Crippen LogP contribution is 2.39. The minimum absolute atomic E-state index is 0.128. The molecule has 1 fully saturated rings. The molecular weight excluding hydrogens is 280 g/mol. The van der Waals surface area contributed by atoms with E-state index >= 15 is 0 Å². The van der Waals surface area contributed by atoms with E-state index in [2.05, 4.69) is 82.3 Å². The first-order valence-electron chi connectivity index (χ1n) is 8.70. The normalized spacial score (nSPS) is 24.8. The van der Waals surface area contributed by atoms with Crippen molar-refractivity contribution in [3.63, 3.8) is 0 Å². The molecule has 1 heterocycles. The van der Waals surface area contributed by atoms with E-state index in [9.17, 15) is 0 Å². The molecule has 0 aromatic heterocycles. The van der Waals surface area contributed by atoms with Crippen molar-refractivity contribution in [1.82, 2.24) is 0 Å². The van der Waals surface area contributed by atoms with Gasteiger partial charge in [-0.3, -0.25) is 0 Å². The molecule has 1 heteroatoms. The van der Waals surface area contributed by atoms with Crippen LogP contribution >= 0.6 is 0 Å². The summed E-state index contributed by atoms with van der Waals surface area (Å²) in [4.78, 5) is 0. The Balaban J connectivity index is 1.66. The molecule has 0 bridgehead atoms. The smallest absolute Gasteiger partial charge is 0.0908 e. The van der Waals surface area contributed by atoms with E-state index in [1.54, 1.807) is 0 Å². The Kier molecular flexibility index (Phi) is 4.33. The Morgan fingerprint density at radius 1 is 1.00 bits per heavy atom. The molecule has 0 radical (unpaired) electrons. The molecule has 0 N–H and O–H groups in total. The van der Waals surface area contributed by atoms with Crippen molar-refractivity contribution >= 4 is 0 Å². The third-order valence-corrected chi connectivity index (χ3v) is 5.04. The van der Waals surface area contributed by atoms with E-state index in [-0.39, 0.29) is 11.0 Å². The average molecular weight is 308 g/mol. The van der Waals surface area contributed by atoms with Gasteiger partial charge in [0.1, 0.15) is 0 Å². The molecule has 122 valence electrons. The third-order valence-electron chi connectivity index (χ3n) is 5.04. The van der Waals surface area contributed by atoms with Crippen LogP contribution in [-0.2, 0) is 22.2 Å². The van der Waals surface area contributed by atoms with Crippen molar-refractivity contribution in [3.8, 4) is 0 Å². The highest BCUT2D eigenvalue weighted by molar-refractivity contribution is 5.28. The maximum Gasteiger partial charge on any atom is 0.0908 e. The van der Waals surface area contributed by atoms with E-state index in [0.29, 0.717) is 6.10 Å². The van der Waals surface area contributed by atoms with Gasteiger partial charge in [0.2, 0.25) is 0 Å². The maximum atomic E-state index is 6.44. The Bertz CT molecular complexity index is 636. The van der Waals surface area contributed by atoms with Crippen LogP contribution in [0.4, 0.5) is 0 Å². The van der Waals surface area contributed by atoms with E-state index in [1.807, 2.05) is 0 Å². The van der Waals surface area contributed by atoms with Crippen LogP contribution in [-0.4, -0.2) is 6.10 Å².